The van der Waals surface area contributed by atoms with E-state index in [1.54, 1.807) is 0 Å². The van der Waals surface area contributed by atoms with Crippen LogP contribution in [-0.4, -0.2) is 11.3 Å². The second kappa shape index (κ2) is 3.00. The molecule has 1 aromatic rings. The highest BCUT2D eigenvalue weighted by Gasteiger charge is 2.31. The molecule has 0 aliphatic carbocycles. The number of rotatable bonds is 1. The quantitative estimate of drug-likeness (QED) is 0.701. The van der Waals surface area contributed by atoms with Gasteiger partial charge in [0.15, 0.2) is 0 Å². The third kappa shape index (κ3) is 2.69. The minimum absolute atomic E-state index is 0.00532. The van der Waals surface area contributed by atoms with Gasteiger partial charge in [-0.05, 0) is 0 Å². The molecule has 4 N–H and O–H groups in total. The SMILES string of the molecule is Nc1cnc(OC(F)(F)F)cc1N. The molecule has 0 saturated carbocycles. The molecule has 1 aromatic heterocycles. The monoisotopic (exact) mass is 193 g/mol. The number of anilines is 2. The van der Waals surface area contributed by atoms with Gasteiger partial charge in [0.2, 0.25) is 5.88 Å². The summed E-state index contributed by atoms with van der Waals surface area (Å²) in [4.78, 5) is 3.28. The Morgan fingerprint density at radius 1 is 1.23 bits per heavy atom. The van der Waals surface area contributed by atoms with E-state index in [2.05, 4.69) is 9.72 Å². The van der Waals surface area contributed by atoms with Crippen molar-refractivity contribution in [1.29, 1.82) is 0 Å². The number of hydrogen-bond donors (Lipinski definition) is 2. The number of halogens is 3. The molecule has 0 aliphatic heterocycles. The van der Waals surface area contributed by atoms with Crippen LogP contribution in [0.2, 0.25) is 0 Å². The maximum absolute atomic E-state index is 11.6. The smallest absolute Gasteiger partial charge is 0.397 e. The number of nitrogens with two attached hydrogens (primary N) is 2. The molecule has 1 rings (SSSR count). The van der Waals surface area contributed by atoms with Gasteiger partial charge < -0.3 is 16.2 Å². The van der Waals surface area contributed by atoms with Crippen LogP contribution in [0.4, 0.5) is 24.5 Å². The molecular formula is C6H6F3N3O. The lowest BCUT2D eigenvalue weighted by Gasteiger charge is -2.08. The largest absolute Gasteiger partial charge is 0.574 e. The van der Waals surface area contributed by atoms with Crippen LogP contribution in [0, 0.1) is 0 Å². The molecule has 0 radical (unpaired) electrons. The van der Waals surface area contributed by atoms with Crippen molar-refractivity contribution >= 4 is 11.4 Å². The van der Waals surface area contributed by atoms with Crippen molar-refractivity contribution in [2.24, 2.45) is 0 Å². The third-order valence-corrected chi connectivity index (χ3v) is 1.16. The van der Waals surface area contributed by atoms with Crippen molar-refractivity contribution in [1.82, 2.24) is 4.98 Å². The van der Waals surface area contributed by atoms with Crippen molar-refractivity contribution in [3.05, 3.63) is 12.3 Å². The molecule has 0 unspecified atom stereocenters. The van der Waals surface area contributed by atoms with Crippen molar-refractivity contribution in [3.8, 4) is 5.88 Å². The first-order valence-electron chi connectivity index (χ1n) is 3.15. The Bertz CT molecular complexity index is 312. The fourth-order valence-corrected chi connectivity index (χ4v) is 0.636. The van der Waals surface area contributed by atoms with Gasteiger partial charge in [0.25, 0.3) is 0 Å². The molecule has 4 nitrogen and oxygen atoms in total. The lowest BCUT2D eigenvalue weighted by molar-refractivity contribution is -0.276. The van der Waals surface area contributed by atoms with E-state index >= 15 is 0 Å². The fraction of sp³-hybridized carbons (Fsp3) is 0.167. The van der Waals surface area contributed by atoms with Crippen molar-refractivity contribution in [3.63, 3.8) is 0 Å². The minimum Gasteiger partial charge on any atom is -0.397 e. The Balaban J connectivity index is 2.86. The standard InChI is InChI=1S/C6H6F3N3O/c7-6(8,9)13-5-1-3(10)4(11)2-12-5/h1-2H,11H2,(H2,10,12). The van der Waals surface area contributed by atoms with Gasteiger partial charge in [0.1, 0.15) is 0 Å². The first-order valence-corrected chi connectivity index (χ1v) is 3.15. The van der Waals surface area contributed by atoms with Gasteiger partial charge in [-0.2, -0.15) is 0 Å². The number of alkyl halides is 3. The number of nitrogens with zero attached hydrogens (tertiary/aromatic N) is 1. The van der Waals surface area contributed by atoms with Gasteiger partial charge in [0.05, 0.1) is 17.6 Å². The van der Waals surface area contributed by atoms with Crippen molar-refractivity contribution in [2.45, 2.75) is 6.36 Å². The summed E-state index contributed by atoms with van der Waals surface area (Å²) in [6, 6.07) is 0.906. The van der Waals surface area contributed by atoms with Crippen molar-refractivity contribution in [2.75, 3.05) is 11.5 Å². The molecule has 0 aliphatic rings. The molecule has 0 fully saturated rings. The van der Waals surface area contributed by atoms with Crippen LogP contribution in [0.15, 0.2) is 12.3 Å². The maximum Gasteiger partial charge on any atom is 0.574 e. The predicted octanol–water partition coefficient (Wildman–Crippen LogP) is 1.14. The number of hydrogen-bond acceptors (Lipinski definition) is 4. The summed E-state index contributed by atoms with van der Waals surface area (Å²) >= 11 is 0. The van der Waals surface area contributed by atoms with E-state index in [0.29, 0.717) is 0 Å². The molecule has 0 amide bonds. The molecule has 0 bridgehead atoms. The van der Waals surface area contributed by atoms with E-state index in [9.17, 15) is 13.2 Å². The van der Waals surface area contributed by atoms with E-state index in [1.807, 2.05) is 0 Å². The van der Waals surface area contributed by atoms with Crippen LogP contribution >= 0.6 is 0 Å². The molecule has 0 atom stereocenters. The zero-order chi connectivity index (χ0) is 10.1. The highest BCUT2D eigenvalue weighted by molar-refractivity contribution is 5.62. The van der Waals surface area contributed by atoms with Gasteiger partial charge in [0, 0.05) is 6.07 Å². The van der Waals surface area contributed by atoms with Crippen LogP contribution < -0.4 is 16.2 Å². The number of aromatic nitrogens is 1. The lowest BCUT2D eigenvalue weighted by atomic mass is 10.3. The number of nitrogen functional groups attached to an aromatic ring is 2. The topological polar surface area (TPSA) is 74.2 Å². The first-order chi connectivity index (χ1) is 5.88. The summed E-state index contributed by atoms with van der Waals surface area (Å²) in [5.74, 6) is -0.626. The Labute approximate surface area is 71.3 Å². The van der Waals surface area contributed by atoms with Gasteiger partial charge in [-0.3, -0.25) is 0 Å². The average Bonchev–Trinajstić information content (AvgIpc) is 1.94. The summed E-state index contributed by atoms with van der Waals surface area (Å²) in [6.07, 6.45) is -3.77. The highest BCUT2D eigenvalue weighted by atomic mass is 19.4. The summed E-state index contributed by atoms with van der Waals surface area (Å²) < 4.78 is 38.4. The molecule has 72 valence electrons. The summed E-state index contributed by atoms with van der Waals surface area (Å²) in [5, 5.41) is 0. The van der Waals surface area contributed by atoms with Crippen LogP contribution in [0.3, 0.4) is 0 Å². The minimum atomic E-state index is -4.77. The summed E-state index contributed by atoms with van der Waals surface area (Å²) in [6.45, 7) is 0. The van der Waals surface area contributed by atoms with E-state index < -0.39 is 12.2 Å². The molecule has 1 heterocycles. The normalized spacial score (nSPS) is 11.3. The zero-order valence-corrected chi connectivity index (χ0v) is 6.30. The molecule has 13 heavy (non-hydrogen) atoms. The van der Waals surface area contributed by atoms with Crippen LogP contribution in [0.5, 0.6) is 5.88 Å². The first kappa shape index (κ1) is 9.43. The Morgan fingerprint density at radius 3 is 2.31 bits per heavy atom. The van der Waals surface area contributed by atoms with Crippen LogP contribution in [0.1, 0.15) is 0 Å². The number of ether oxygens (including phenoxy) is 1. The summed E-state index contributed by atoms with van der Waals surface area (Å²) in [5.41, 5.74) is 10.6. The van der Waals surface area contributed by atoms with E-state index in [-0.39, 0.29) is 11.4 Å². The third-order valence-electron chi connectivity index (χ3n) is 1.16. The maximum atomic E-state index is 11.6. The van der Waals surface area contributed by atoms with E-state index in [1.165, 1.54) is 0 Å². The van der Waals surface area contributed by atoms with E-state index in [4.69, 9.17) is 11.5 Å². The Morgan fingerprint density at radius 2 is 1.85 bits per heavy atom. The summed E-state index contributed by atoms with van der Waals surface area (Å²) in [7, 11) is 0. The molecule has 7 heteroatoms. The Hall–Kier alpha value is -1.66. The highest BCUT2D eigenvalue weighted by Crippen LogP contribution is 2.24. The van der Waals surface area contributed by atoms with Crippen molar-refractivity contribution < 1.29 is 17.9 Å². The Kier molecular flexibility index (Phi) is 2.18. The zero-order valence-electron chi connectivity index (χ0n) is 6.30. The molecule has 0 saturated heterocycles. The van der Waals surface area contributed by atoms with Gasteiger partial charge >= 0.3 is 6.36 Å². The average molecular weight is 193 g/mol. The second-order valence-electron chi connectivity index (χ2n) is 2.20. The fourth-order valence-electron chi connectivity index (χ4n) is 0.636. The number of pyridine rings is 1. The second-order valence-corrected chi connectivity index (χ2v) is 2.20. The van der Waals surface area contributed by atoms with Crippen LogP contribution in [0.25, 0.3) is 0 Å². The van der Waals surface area contributed by atoms with Gasteiger partial charge in [-0.1, -0.05) is 0 Å². The molecule has 0 spiro atoms. The van der Waals surface area contributed by atoms with Crippen LogP contribution in [-0.2, 0) is 0 Å². The van der Waals surface area contributed by atoms with E-state index in [0.717, 1.165) is 12.3 Å². The predicted molar refractivity (Wildman–Crippen MR) is 39.7 cm³/mol. The van der Waals surface area contributed by atoms with Gasteiger partial charge in [-0.15, -0.1) is 13.2 Å². The molecular weight excluding hydrogens is 187 g/mol. The lowest BCUT2D eigenvalue weighted by Crippen LogP contribution is -2.18. The molecule has 0 aromatic carbocycles. The van der Waals surface area contributed by atoms with Gasteiger partial charge in [-0.25, -0.2) is 4.98 Å².